The highest BCUT2D eigenvalue weighted by atomic mass is 35.5. The van der Waals surface area contributed by atoms with Gasteiger partial charge in [-0.3, -0.25) is 9.10 Å². The maximum absolute atomic E-state index is 13.5. The molecule has 0 saturated heterocycles. The van der Waals surface area contributed by atoms with Crippen LogP contribution in [0, 0.1) is 0 Å². The maximum Gasteiger partial charge on any atom is 0.264 e. The Hall–Kier alpha value is -3.23. The van der Waals surface area contributed by atoms with Crippen molar-refractivity contribution in [1.29, 1.82) is 0 Å². The summed E-state index contributed by atoms with van der Waals surface area (Å²) in [5, 5.41) is 3.12. The van der Waals surface area contributed by atoms with Crippen LogP contribution in [0.15, 0.2) is 77.7 Å². The second-order valence-electron chi connectivity index (χ2n) is 6.65. The minimum Gasteiger partial charge on any atom is -0.497 e. The summed E-state index contributed by atoms with van der Waals surface area (Å²) in [5.74, 6) is 0.388. The summed E-state index contributed by atoms with van der Waals surface area (Å²) < 4.78 is 38.8. The number of methoxy groups -OCH3 is 1. The lowest BCUT2D eigenvalue weighted by molar-refractivity contribution is -0.114. The number of halogens is 1. The Morgan fingerprint density at radius 2 is 1.75 bits per heavy atom. The van der Waals surface area contributed by atoms with Gasteiger partial charge in [-0.15, -0.1) is 0 Å². The molecule has 0 aliphatic rings. The van der Waals surface area contributed by atoms with E-state index in [1.165, 1.54) is 31.4 Å². The quantitative estimate of drug-likeness (QED) is 0.490. The summed E-state index contributed by atoms with van der Waals surface area (Å²) in [5.41, 5.74) is 0.737. The number of para-hydroxylation sites is 2. The van der Waals surface area contributed by atoms with Crippen LogP contribution < -0.4 is 19.1 Å². The Morgan fingerprint density at radius 3 is 2.44 bits per heavy atom. The predicted octanol–water partition coefficient (Wildman–Crippen LogP) is 4.58. The van der Waals surface area contributed by atoms with E-state index in [4.69, 9.17) is 21.1 Å². The van der Waals surface area contributed by atoms with E-state index in [0.717, 1.165) is 4.31 Å². The number of ether oxygens (including phenoxy) is 2. The highest BCUT2D eigenvalue weighted by molar-refractivity contribution is 7.92. The first-order valence-corrected chi connectivity index (χ1v) is 11.6. The largest absolute Gasteiger partial charge is 0.497 e. The fourth-order valence-electron chi connectivity index (χ4n) is 3.01. The Bertz CT molecular complexity index is 1180. The number of hydrogen-bond acceptors (Lipinski definition) is 5. The number of benzene rings is 3. The smallest absolute Gasteiger partial charge is 0.264 e. The van der Waals surface area contributed by atoms with Crippen LogP contribution in [-0.4, -0.2) is 34.6 Å². The van der Waals surface area contributed by atoms with Crippen LogP contribution in [0.4, 0.5) is 11.4 Å². The molecule has 32 heavy (non-hydrogen) atoms. The SMILES string of the molecule is CCOc1ccccc1N(CC(=O)Nc1cccc(OC)c1)S(=O)(=O)c1ccc(Cl)cc1. The fraction of sp³-hybridized carbons (Fsp3) is 0.174. The van der Waals surface area contributed by atoms with E-state index in [2.05, 4.69) is 5.32 Å². The van der Waals surface area contributed by atoms with Crippen LogP contribution >= 0.6 is 11.6 Å². The molecule has 168 valence electrons. The number of hydrogen-bond donors (Lipinski definition) is 1. The summed E-state index contributed by atoms with van der Waals surface area (Å²) in [7, 11) is -2.58. The fourth-order valence-corrected chi connectivity index (χ4v) is 4.56. The summed E-state index contributed by atoms with van der Waals surface area (Å²) in [6.07, 6.45) is 0. The zero-order chi connectivity index (χ0) is 23.1. The second-order valence-corrected chi connectivity index (χ2v) is 8.95. The van der Waals surface area contributed by atoms with Gasteiger partial charge < -0.3 is 14.8 Å². The van der Waals surface area contributed by atoms with Gasteiger partial charge in [0.25, 0.3) is 10.0 Å². The van der Waals surface area contributed by atoms with Gasteiger partial charge in [-0.1, -0.05) is 29.8 Å². The molecule has 0 radical (unpaired) electrons. The molecule has 0 saturated carbocycles. The molecule has 9 heteroatoms. The van der Waals surface area contributed by atoms with Crippen molar-refractivity contribution in [2.45, 2.75) is 11.8 Å². The summed E-state index contributed by atoms with van der Waals surface area (Å²) in [6.45, 7) is 1.67. The Labute approximate surface area is 192 Å². The molecule has 0 unspecified atom stereocenters. The van der Waals surface area contributed by atoms with Crippen molar-refractivity contribution in [2.75, 3.05) is 29.9 Å². The lowest BCUT2D eigenvalue weighted by atomic mass is 10.3. The average molecular weight is 475 g/mol. The molecule has 0 fully saturated rings. The van der Waals surface area contributed by atoms with Crippen molar-refractivity contribution in [2.24, 2.45) is 0 Å². The number of nitrogens with zero attached hydrogens (tertiary/aromatic N) is 1. The van der Waals surface area contributed by atoms with E-state index in [0.29, 0.717) is 28.8 Å². The van der Waals surface area contributed by atoms with Gasteiger partial charge in [-0.2, -0.15) is 0 Å². The molecular formula is C23H23ClN2O5S. The minimum absolute atomic E-state index is 0.00221. The maximum atomic E-state index is 13.5. The molecule has 0 aliphatic carbocycles. The zero-order valence-corrected chi connectivity index (χ0v) is 19.2. The Kier molecular flexibility index (Phi) is 7.61. The van der Waals surface area contributed by atoms with Crippen molar-refractivity contribution in [3.8, 4) is 11.5 Å². The topological polar surface area (TPSA) is 84.9 Å². The van der Waals surface area contributed by atoms with Crippen molar-refractivity contribution < 1.29 is 22.7 Å². The first-order valence-electron chi connectivity index (χ1n) is 9.79. The number of nitrogens with one attached hydrogen (secondary N) is 1. The first kappa shape index (κ1) is 23.4. The number of rotatable bonds is 9. The lowest BCUT2D eigenvalue weighted by Crippen LogP contribution is -2.38. The highest BCUT2D eigenvalue weighted by Gasteiger charge is 2.29. The van der Waals surface area contributed by atoms with Crippen LogP contribution in [0.3, 0.4) is 0 Å². The van der Waals surface area contributed by atoms with Crippen molar-refractivity contribution in [3.05, 3.63) is 77.8 Å². The standard InChI is InChI=1S/C23H23ClN2O5S/c1-3-31-22-10-5-4-9-21(22)26(32(28,29)20-13-11-17(24)12-14-20)16-23(27)25-18-7-6-8-19(15-18)30-2/h4-15H,3,16H2,1-2H3,(H,25,27). The number of amides is 1. The molecule has 0 bridgehead atoms. The first-order chi connectivity index (χ1) is 15.3. The monoisotopic (exact) mass is 474 g/mol. The molecular weight excluding hydrogens is 452 g/mol. The lowest BCUT2D eigenvalue weighted by Gasteiger charge is -2.26. The van der Waals surface area contributed by atoms with E-state index in [1.54, 1.807) is 55.5 Å². The van der Waals surface area contributed by atoms with E-state index in [9.17, 15) is 13.2 Å². The average Bonchev–Trinajstić information content (AvgIpc) is 2.78. The molecule has 7 nitrogen and oxygen atoms in total. The van der Waals surface area contributed by atoms with Crippen LogP contribution in [-0.2, 0) is 14.8 Å². The molecule has 0 spiro atoms. The van der Waals surface area contributed by atoms with Gasteiger partial charge in [-0.25, -0.2) is 8.42 Å². The van der Waals surface area contributed by atoms with Gasteiger partial charge in [0.15, 0.2) is 0 Å². The molecule has 0 aromatic heterocycles. The van der Waals surface area contributed by atoms with E-state index < -0.39 is 22.5 Å². The highest BCUT2D eigenvalue weighted by Crippen LogP contribution is 2.33. The van der Waals surface area contributed by atoms with Crippen LogP contribution in [0.1, 0.15) is 6.92 Å². The number of anilines is 2. The number of sulfonamides is 1. The van der Waals surface area contributed by atoms with Gasteiger partial charge in [-0.05, 0) is 55.5 Å². The van der Waals surface area contributed by atoms with Gasteiger partial charge in [0.05, 0.1) is 24.3 Å². The molecule has 0 aliphatic heterocycles. The minimum atomic E-state index is -4.10. The third-order valence-corrected chi connectivity index (χ3v) is 6.50. The molecule has 0 atom stereocenters. The van der Waals surface area contributed by atoms with Gasteiger partial charge in [0, 0.05) is 16.8 Å². The molecule has 3 aromatic rings. The van der Waals surface area contributed by atoms with Crippen LogP contribution in [0.25, 0.3) is 0 Å². The third kappa shape index (κ3) is 5.52. The third-order valence-electron chi connectivity index (χ3n) is 4.48. The summed E-state index contributed by atoms with van der Waals surface area (Å²) in [6, 6.07) is 19.2. The zero-order valence-electron chi connectivity index (χ0n) is 17.6. The molecule has 3 aromatic carbocycles. The van der Waals surface area contributed by atoms with E-state index >= 15 is 0 Å². The Morgan fingerprint density at radius 1 is 1.03 bits per heavy atom. The van der Waals surface area contributed by atoms with Crippen LogP contribution in [0.2, 0.25) is 5.02 Å². The molecule has 1 amide bonds. The van der Waals surface area contributed by atoms with Crippen molar-refractivity contribution in [3.63, 3.8) is 0 Å². The summed E-state index contributed by atoms with van der Waals surface area (Å²) >= 11 is 5.92. The molecule has 3 rings (SSSR count). The van der Waals surface area contributed by atoms with Gasteiger partial charge in [0.1, 0.15) is 18.0 Å². The second kappa shape index (κ2) is 10.4. The molecule has 1 N–H and O–H groups in total. The number of carbonyl (C=O) groups is 1. The van der Waals surface area contributed by atoms with Gasteiger partial charge >= 0.3 is 0 Å². The van der Waals surface area contributed by atoms with Crippen LogP contribution in [0.5, 0.6) is 11.5 Å². The molecule has 0 heterocycles. The number of carbonyl (C=O) groups excluding carboxylic acids is 1. The summed E-state index contributed by atoms with van der Waals surface area (Å²) in [4.78, 5) is 12.9. The van der Waals surface area contributed by atoms with E-state index in [-0.39, 0.29) is 10.6 Å². The van der Waals surface area contributed by atoms with Crippen molar-refractivity contribution >= 4 is 38.9 Å². The normalized spacial score (nSPS) is 11.0. The van der Waals surface area contributed by atoms with E-state index in [1.807, 2.05) is 0 Å². The predicted molar refractivity (Wildman–Crippen MR) is 125 cm³/mol. The Balaban J connectivity index is 1.99. The van der Waals surface area contributed by atoms with Crippen molar-refractivity contribution in [1.82, 2.24) is 0 Å². The van der Waals surface area contributed by atoms with Gasteiger partial charge in [0.2, 0.25) is 5.91 Å².